The van der Waals surface area contributed by atoms with Crippen molar-refractivity contribution in [3.8, 4) is 5.75 Å². The Kier molecular flexibility index (Phi) is 6.75. The fourth-order valence-electron chi connectivity index (χ4n) is 2.94. The molecule has 0 radical (unpaired) electrons. The number of halogens is 2. The summed E-state index contributed by atoms with van der Waals surface area (Å²) in [6, 6.07) is 12.4. The lowest BCUT2D eigenvalue weighted by Gasteiger charge is -2.33. The van der Waals surface area contributed by atoms with Gasteiger partial charge in [0.15, 0.2) is 0 Å². The number of nitrogens with one attached hydrogen (secondary N) is 1. The van der Waals surface area contributed by atoms with E-state index in [-0.39, 0.29) is 24.8 Å². The van der Waals surface area contributed by atoms with Gasteiger partial charge in [-0.1, -0.05) is 30.3 Å². The minimum atomic E-state index is 0. The van der Waals surface area contributed by atoms with Crippen LogP contribution in [-0.4, -0.2) is 36.2 Å². The molecule has 1 aliphatic rings. The van der Waals surface area contributed by atoms with Crippen molar-refractivity contribution in [3.05, 3.63) is 42.0 Å². The van der Waals surface area contributed by atoms with Crippen molar-refractivity contribution < 1.29 is 5.11 Å². The normalized spacial score (nSPS) is 16.8. The number of rotatable bonds is 2. The van der Waals surface area contributed by atoms with Gasteiger partial charge in [-0.25, -0.2) is 0 Å². The highest BCUT2D eigenvalue weighted by Gasteiger charge is 2.19. The Morgan fingerprint density at radius 3 is 2.29 bits per heavy atom. The molecule has 1 fully saturated rings. The fourth-order valence-corrected chi connectivity index (χ4v) is 2.94. The second-order valence-electron chi connectivity index (χ2n) is 5.18. The molecule has 2 N–H and O–H groups in total. The van der Waals surface area contributed by atoms with Crippen LogP contribution >= 0.6 is 24.8 Å². The lowest BCUT2D eigenvalue weighted by molar-refractivity contribution is 0.186. The van der Waals surface area contributed by atoms with E-state index < -0.39 is 0 Å². The Hall–Kier alpha value is -1.000. The monoisotopic (exact) mass is 328 g/mol. The van der Waals surface area contributed by atoms with Gasteiger partial charge in [-0.05, 0) is 23.9 Å². The Morgan fingerprint density at radius 1 is 1.00 bits per heavy atom. The highest BCUT2D eigenvalue weighted by molar-refractivity contribution is 5.91. The molecule has 1 atom stereocenters. The van der Waals surface area contributed by atoms with Crippen LogP contribution in [0, 0.1) is 0 Å². The van der Waals surface area contributed by atoms with E-state index in [1.165, 1.54) is 5.56 Å². The number of phenolic OH excluding ortho intramolecular Hbond substituents is 1. The number of aromatic hydroxyl groups is 1. The summed E-state index contributed by atoms with van der Waals surface area (Å²) in [5.41, 5.74) is 1.30. The molecule has 0 spiro atoms. The average molecular weight is 329 g/mol. The molecule has 0 saturated carbocycles. The van der Waals surface area contributed by atoms with Crippen molar-refractivity contribution in [1.82, 2.24) is 10.2 Å². The van der Waals surface area contributed by atoms with E-state index in [1.807, 2.05) is 24.3 Å². The highest BCUT2D eigenvalue weighted by atomic mass is 35.5. The largest absolute Gasteiger partial charge is 0.507 e. The van der Waals surface area contributed by atoms with E-state index >= 15 is 0 Å². The molecule has 0 aromatic heterocycles. The molecule has 0 bridgehead atoms. The fraction of sp³-hybridized carbons (Fsp3) is 0.375. The number of hydrogen-bond acceptors (Lipinski definition) is 3. The smallest absolute Gasteiger partial charge is 0.123 e. The van der Waals surface area contributed by atoms with Gasteiger partial charge >= 0.3 is 0 Å². The lowest BCUT2D eigenvalue weighted by Crippen LogP contribution is -2.44. The summed E-state index contributed by atoms with van der Waals surface area (Å²) in [7, 11) is 0. The van der Waals surface area contributed by atoms with E-state index in [4.69, 9.17) is 0 Å². The van der Waals surface area contributed by atoms with Crippen LogP contribution in [0.5, 0.6) is 5.75 Å². The lowest BCUT2D eigenvalue weighted by atomic mass is 9.97. The molecule has 5 heteroatoms. The standard InChI is InChI=1S/C16H20N2O.2ClH/c1-12(18-10-8-17-9-11-18)13-6-7-16(19)15-5-3-2-4-14(13)15;;/h2-7,12,17,19H,8-11H2,1H3;2*1H/t12-;;/m0../s1. The Morgan fingerprint density at radius 2 is 1.62 bits per heavy atom. The van der Waals surface area contributed by atoms with Crippen LogP contribution in [0.3, 0.4) is 0 Å². The van der Waals surface area contributed by atoms with Gasteiger partial charge in [0.2, 0.25) is 0 Å². The van der Waals surface area contributed by atoms with Crippen LogP contribution in [0.4, 0.5) is 0 Å². The Balaban J connectivity index is 0.00000110. The SMILES string of the molecule is C[C@@H](c1ccc(O)c2ccccc12)N1CCNCC1.Cl.Cl. The van der Waals surface area contributed by atoms with Crippen molar-refractivity contribution in [2.45, 2.75) is 13.0 Å². The van der Waals surface area contributed by atoms with Gasteiger partial charge in [-0.2, -0.15) is 0 Å². The molecule has 1 saturated heterocycles. The minimum Gasteiger partial charge on any atom is -0.507 e. The maximum atomic E-state index is 9.96. The number of benzene rings is 2. The molecule has 0 aliphatic carbocycles. The molecule has 0 unspecified atom stereocenters. The van der Waals surface area contributed by atoms with Crippen LogP contribution in [0.1, 0.15) is 18.5 Å². The summed E-state index contributed by atoms with van der Waals surface area (Å²) in [6.45, 7) is 6.53. The zero-order chi connectivity index (χ0) is 13.2. The second kappa shape index (κ2) is 7.85. The maximum Gasteiger partial charge on any atom is 0.123 e. The van der Waals surface area contributed by atoms with Gasteiger partial charge in [0.1, 0.15) is 5.75 Å². The van der Waals surface area contributed by atoms with E-state index in [0.29, 0.717) is 11.8 Å². The van der Waals surface area contributed by atoms with Gasteiger partial charge < -0.3 is 10.4 Å². The van der Waals surface area contributed by atoms with Crippen molar-refractivity contribution in [2.24, 2.45) is 0 Å². The Labute approximate surface area is 138 Å². The third-order valence-corrected chi connectivity index (χ3v) is 4.08. The third-order valence-electron chi connectivity index (χ3n) is 4.08. The molecule has 0 amide bonds. The molecule has 2 aromatic rings. The molecule has 1 aliphatic heterocycles. The summed E-state index contributed by atoms with van der Waals surface area (Å²) in [5.74, 6) is 0.367. The highest BCUT2D eigenvalue weighted by Crippen LogP contribution is 2.32. The first-order chi connectivity index (χ1) is 9.27. The predicted octanol–water partition coefficient (Wildman–Crippen LogP) is 3.36. The minimum absolute atomic E-state index is 0. The molecule has 3 nitrogen and oxygen atoms in total. The molecule has 3 rings (SSSR count). The first-order valence-corrected chi connectivity index (χ1v) is 6.93. The van der Waals surface area contributed by atoms with Gasteiger partial charge in [0.05, 0.1) is 0 Å². The third kappa shape index (κ3) is 3.61. The number of phenols is 1. The molecular weight excluding hydrogens is 307 g/mol. The van der Waals surface area contributed by atoms with Crippen molar-refractivity contribution in [1.29, 1.82) is 0 Å². The van der Waals surface area contributed by atoms with Crippen LogP contribution in [-0.2, 0) is 0 Å². The number of piperazine rings is 1. The first kappa shape index (κ1) is 18.1. The summed E-state index contributed by atoms with van der Waals surface area (Å²) in [5, 5.41) is 15.5. The molecular formula is C16H22Cl2N2O. The van der Waals surface area contributed by atoms with Gasteiger partial charge in [-0.3, -0.25) is 4.90 Å². The van der Waals surface area contributed by atoms with Crippen LogP contribution in [0.25, 0.3) is 10.8 Å². The van der Waals surface area contributed by atoms with Crippen molar-refractivity contribution in [2.75, 3.05) is 26.2 Å². The van der Waals surface area contributed by atoms with Crippen molar-refractivity contribution >= 4 is 35.6 Å². The summed E-state index contributed by atoms with van der Waals surface area (Å²) >= 11 is 0. The van der Waals surface area contributed by atoms with Gasteiger partial charge in [0, 0.05) is 37.6 Å². The summed E-state index contributed by atoms with van der Waals surface area (Å²) < 4.78 is 0. The van der Waals surface area contributed by atoms with Crippen LogP contribution in [0.2, 0.25) is 0 Å². The van der Waals surface area contributed by atoms with Crippen molar-refractivity contribution in [3.63, 3.8) is 0 Å². The predicted molar refractivity (Wildman–Crippen MR) is 93.0 cm³/mol. The van der Waals surface area contributed by atoms with Gasteiger partial charge in [-0.15, -0.1) is 24.8 Å². The van der Waals surface area contributed by atoms with E-state index in [9.17, 15) is 5.11 Å². The molecule has 1 heterocycles. The second-order valence-corrected chi connectivity index (χ2v) is 5.18. The van der Waals surface area contributed by atoms with E-state index in [1.54, 1.807) is 0 Å². The van der Waals surface area contributed by atoms with Crippen LogP contribution < -0.4 is 5.32 Å². The van der Waals surface area contributed by atoms with E-state index in [0.717, 1.165) is 37.0 Å². The number of nitrogens with zero attached hydrogens (tertiary/aromatic N) is 1. The zero-order valence-corrected chi connectivity index (χ0v) is 13.7. The summed E-state index contributed by atoms with van der Waals surface area (Å²) in [6.07, 6.45) is 0. The zero-order valence-electron chi connectivity index (χ0n) is 12.1. The van der Waals surface area contributed by atoms with Crippen LogP contribution in [0.15, 0.2) is 36.4 Å². The van der Waals surface area contributed by atoms with E-state index in [2.05, 4.69) is 29.3 Å². The molecule has 2 aromatic carbocycles. The number of fused-ring (bicyclic) bond motifs is 1. The first-order valence-electron chi connectivity index (χ1n) is 6.93. The summed E-state index contributed by atoms with van der Waals surface area (Å²) in [4.78, 5) is 2.50. The van der Waals surface area contributed by atoms with Gasteiger partial charge in [0.25, 0.3) is 0 Å². The molecule has 116 valence electrons. The average Bonchev–Trinajstić information content (AvgIpc) is 2.48. The maximum absolute atomic E-state index is 9.96. The quantitative estimate of drug-likeness (QED) is 0.887. The topological polar surface area (TPSA) is 35.5 Å². The Bertz CT molecular complexity index is 585. The number of hydrogen-bond donors (Lipinski definition) is 2. The molecule has 21 heavy (non-hydrogen) atoms.